The highest BCUT2D eigenvalue weighted by atomic mass is 19.4. The van der Waals surface area contributed by atoms with E-state index in [0.29, 0.717) is 72.9 Å². The summed E-state index contributed by atoms with van der Waals surface area (Å²) in [6.45, 7) is 0. The number of alkyl halides is 6. The van der Waals surface area contributed by atoms with Gasteiger partial charge in [-0.25, -0.2) is 9.97 Å². The zero-order valence-corrected chi connectivity index (χ0v) is 38.2. The second-order valence-electron chi connectivity index (χ2n) is 17.4. The van der Waals surface area contributed by atoms with E-state index in [2.05, 4.69) is 12.1 Å². The molecule has 0 atom stereocenters. The number of nitrogens with zero attached hydrogens (tertiary/aromatic N) is 5. The molecule has 0 N–H and O–H groups in total. The van der Waals surface area contributed by atoms with Gasteiger partial charge in [0.1, 0.15) is 0 Å². The summed E-state index contributed by atoms with van der Waals surface area (Å²) in [5, 5.41) is 21.2. The molecule has 0 amide bonds. The Balaban J connectivity index is 1.27. The minimum atomic E-state index is -4.64. The quantitative estimate of drug-likeness (QED) is 0.142. The molecule has 0 aliphatic heterocycles. The summed E-state index contributed by atoms with van der Waals surface area (Å²) < 4.78 is 87.7. The predicted molar refractivity (Wildman–Crippen MR) is 274 cm³/mol. The number of aromatic nitrogens is 3. The van der Waals surface area contributed by atoms with Crippen LogP contribution in [0.4, 0.5) is 26.3 Å². The SMILES string of the molecule is N#Cc1cccc(-c2ccc3c(c2)c2cc(-c4cccc(C#N)c4)ccc2n3-c2c(-c3ccc(C(F)(F)F)cc3)cc(-c3cc(-c4ccccc4)nc(-c4ccccc4)n3)cc2-c2ccc(C(F)(F)F)cc2)c1. The number of halogens is 6. The number of rotatable bonds is 8. The lowest BCUT2D eigenvalue weighted by atomic mass is 9.90. The summed E-state index contributed by atoms with van der Waals surface area (Å²) in [4.78, 5) is 10.1. The highest BCUT2D eigenvalue weighted by Crippen LogP contribution is 2.46. The summed E-state index contributed by atoms with van der Waals surface area (Å²) in [5.41, 5.74) is 9.01. The summed E-state index contributed by atoms with van der Waals surface area (Å²) >= 11 is 0. The Labute approximate surface area is 414 Å². The zero-order valence-electron chi connectivity index (χ0n) is 38.2. The minimum Gasteiger partial charge on any atom is -0.308 e. The number of nitriles is 2. The van der Waals surface area contributed by atoms with E-state index in [-0.39, 0.29) is 0 Å². The van der Waals surface area contributed by atoms with Crippen molar-refractivity contribution in [2.75, 3.05) is 0 Å². The molecule has 0 spiro atoms. The Kier molecular flexibility index (Phi) is 11.5. The van der Waals surface area contributed by atoms with E-state index in [1.54, 1.807) is 36.4 Å². The van der Waals surface area contributed by atoms with Gasteiger partial charge in [-0.2, -0.15) is 36.9 Å². The van der Waals surface area contributed by atoms with Gasteiger partial charge in [-0.15, -0.1) is 0 Å². The van der Waals surface area contributed by atoms with E-state index < -0.39 is 23.5 Å². The third-order valence-corrected chi connectivity index (χ3v) is 12.9. The fourth-order valence-electron chi connectivity index (χ4n) is 9.37. The summed E-state index contributed by atoms with van der Waals surface area (Å²) in [6.07, 6.45) is -9.28. The second kappa shape index (κ2) is 18.3. The van der Waals surface area contributed by atoms with Crippen molar-refractivity contribution in [3.05, 3.63) is 235 Å². The van der Waals surface area contributed by atoms with Gasteiger partial charge >= 0.3 is 12.4 Å². The number of hydrogen-bond acceptors (Lipinski definition) is 4. The lowest BCUT2D eigenvalue weighted by Gasteiger charge is -2.22. The molecule has 0 aliphatic rings. The van der Waals surface area contributed by atoms with Crippen molar-refractivity contribution in [1.82, 2.24) is 14.5 Å². The largest absolute Gasteiger partial charge is 0.416 e. The van der Waals surface area contributed by atoms with Crippen LogP contribution in [0, 0.1) is 22.7 Å². The number of fused-ring (bicyclic) bond motifs is 3. The first kappa shape index (κ1) is 45.8. The van der Waals surface area contributed by atoms with Gasteiger partial charge in [0.2, 0.25) is 0 Å². The van der Waals surface area contributed by atoms with Crippen LogP contribution in [0.1, 0.15) is 22.3 Å². The Hall–Kier alpha value is -9.58. The van der Waals surface area contributed by atoms with Crippen molar-refractivity contribution in [3.8, 4) is 96.2 Å². The summed E-state index contributed by atoms with van der Waals surface area (Å²) in [5.74, 6) is 0.405. The number of hydrogen-bond donors (Lipinski definition) is 0. The van der Waals surface area contributed by atoms with E-state index >= 15 is 0 Å². The van der Waals surface area contributed by atoms with Gasteiger partial charge in [-0.1, -0.05) is 121 Å². The zero-order chi connectivity index (χ0) is 50.4. The van der Waals surface area contributed by atoms with E-state index in [9.17, 15) is 36.9 Å². The lowest BCUT2D eigenvalue weighted by molar-refractivity contribution is -0.138. The molecule has 0 unspecified atom stereocenters. The number of benzene rings is 9. The van der Waals surface area contributed by atoms with Gasteiger partial charge in [-0.3, -0.25) is 0 Å². The molecule has 73 heavy (non-hydrogen) atoms. The predicted octanol–water partition coefficient (Wildman–Crippen LogP) is 17.0. The maximum absolute atomic E-state index is 14.3. The van der Waals surface area contributed by atoms with E-state index in [1.165, 1.54) is 24.3 Å². The normalized spacial score (nSPS) is 11.7. The Morgan fingerprint density at radius 1 is 0.356 bits per heavy atom. The summed E-state index contributed by atoms with van der Waals surface area (Å²) in [7, 11) is 0. The topological polar surface area (TPSA) is 78.3 Å². The molecule has 5 nitrogen and oxygen atoms in total. The first-order chi connectivity index (χ1) is 35.3. The maximum Gasteiger partial charge on any atom is 0.416 e. The van der Waals surface area contributed by atoms with Gasteiger partial charge in [0.05, 0.1) is 62.5 Å². The molecular formula is C62H35F6N5. The van der Waals surface area contributed by atoms with Crippen LogP contribution >= 0.6 is 0 Å². The average molecular weight is 964 g/mol. The molecule has 2 heterocycles. The van der Waals surface area contributed by atoms with E-state index in [4.69, 9.17) is 9.97 Å². The molecule has 0 saturated heterocycles. The van der Waals surface area contributed by atoms with Crippen LogP contribution in [0.25, 0.3) is 106 Å². The molecule has 11 aromatic rings. The highest BCUT2D eigenvalue weighted by molar-refractivity contribution is 6.13. The highest BCUT2D eigenvalue weighted by Gasteiger charge is 2.32. The molecule has 0 radical (unpaired) electrons. The molecule has 0 saturated carbocycles. The standard InChI is InChI=1S/C62H35F6N5/c63-61(64,65)49-23-17-40(18-24-49)51-33-48(56-35-55(42-11-3-1-4-12-42)71-60(72-56)43-13-5-2-6-14-43)34-52(41-19-25-50(26-20-41)62(66,67)68)59(51)73-57-27-21-46(44-15-7-9-38(29-44)36-69)31-53(57)54-32-47(22-28-58(54)73)45-16-8-10-39(30-45)37-70/h1-35H. The first-order valence-electron chi connectivity index (χ1n) is 23.0. The van der Waals surface area contributed by atoms with Gasteiger partial charge < -0.3 is 4.57 Å². The van der Waals surface area contributed by atoms with Crippen molar-refractivity contribution in [1.29, 1.82) is 10.5 Å². The van der Waals surface area contributed by atoms with Crippen molar-refractivity contribution < 1.29 is 26.3 Å². The van der Waals surface area contributed by atoms with Crippen LogP contribution in [-0.2, 0) is 12.4 Å². The van der Waals surface area contributed by atoms with Crippen molar-refractivity contribution in [2.45, 2.75) is 12.4 Å². The molecule has 2 aromatic heterocycles. The summed E-state index contributed by atoms with van der Waals surface area (Å²) in [6, 6.07) is 64.8. The molecule has 350 valence electrons. The molecule has 9 aromatic carbocycles. The Bertz CT molecular complexity index is 3750. The van der Waals surface area contributed by atoms with Crippen LogP contribution in [-0.4, -0.2) is 14.5 Å². The molecule has 0 fully saturated rings. The molecule has 0 aliphatic carbocycles. The molecule has 0 bridgehead atoms. The smallest absolute Gasteiger partial charge is 0.308 e. The van der Waals surface area contributed by atoms with Crippen LogP contribution in [0.15, 0.2) is 212 Å². The average Bonchev–Trinajstić information content (AvgIpc) is 3.75. The van der Waals surface area contributed by atoms with Crippen LogP contribution in [0.3, 0.4) is 0 Å². The van der Waals surface area contributed by atoms with E-state index in [1.807, 2.05) is 132 Å². The third-order valence-electron chi connectivity index (χ3n) is 12.9. The van der Waals surface area contributed by atoms with Crippen molar-refractivity contribution in [2.24, 2.45) is 0 Å². The van der Waals surface area contributed by atoms with Crippen molar-refractivity contribution in [3.63, 3.8) is 0 Å². The minimum absolute atomic E-state index is 0.392. The fourth-order valence-corrected chi connectivity index (χ4v) is 9.37. The molecule has 11 heteroatoms. The van der Waals surface area contributed by atoms with Crippen LogP contribution in [0.2, 0.25) is 0 Å². The maximum atomic E-state index is 14.3. The van der Waals surface area contributed by atoms with Crippen LogP contribution in [0.5, 0.6) is 0 Å². The lowest BCUT2D eigenvalue weighted by Crippen LogP contribution is -2.06. The molecule has 11 rings (SSSR count). The van der Waals surface area contributed by atoms with E-state index in [0.717, 1.165) is 68.4 Å². The van der Waals surface area contributed by atoms with Crippen LogP contribution < -0.4 is 0 Å². The Morgan fingerprint density at radius 2 is 0.753 bits per heavy atom. The fraction of sp³-hybridized carbons (Fsp3) is 0.0323. The second-order valence-corrected chi connectivity index (χ2v) is 17.4. The van der Waals surface area contributed by atoms with Gasteiger partial charge in [-0.05, 0) is 124 Å². The van der Waals surface area contributed by atoms with Gasteiger partial charge in [0.25, 0.3) is 0 Å². The van der Waals surface area contributed by atoms with Gasteiger partial charge in [0.15, 0.2) is 5.82 Å². The third kappa shape index (κ3) is 8.85. The molecular weight excluding hydrogens is 929 g/mol. The monoisotopic (exact) mass is 963 g/mol. The van der Waals surface area contributed by atoms with Crippen molar-refractivity contribution >= 4 is 21.8 Å². The Morgan fingerprint density at radius 3 is 1.19 bits per heavy atom. The first-order valence-corrected chi connectivity index (χ1v) is 23.0. The van der Waals surface area contributed by atoms with Gasteiger partial charge in [0, 0.05) is 38.6 Å².